The molecule has 2 atom stereocenters. The zero-order valence-electron chi connectivity index (χ0n) is 13.7. The molecule has 130 valence electrons. The Bertz CT molecular complexity index is 600. The number of urea groups is 1. The minimum absolute atomic E-state index is 0.157. The van der Waals surface area contributed by atoms with Crippen LogP contribution in [0.25, 0.3) is 0 Å². The summed E-state index contributed by atoms with van der Waals surface area (Å²) in [5, 5.41) is 5.32. The number of ether oxygens (including phenoxy) is 1. The Morgan fingerprint density at radius 1 is 1.17 bits per heavy atom. The molecule has 1 aromatic rings. The summed E-state index contributed by atoms with van der Waals surface area (Å²) in [6.07, 6.45) is 4.38. The number of primary amides is 1. The summed E-state index contributed by atoms with van der Waals surface area (Å²) >= 11 is 0. The largest absolute Gasteiger partial charge is 0.452 e. The van der Waals surface area contributed by atoms with Gasteiger partial charge in [0.1, 0.15) is 0 Å². The van der Waals surface area contributed by atoms with Gasteiger partial charge in [0.15, 0.2) is 6.61 Å². The van der Waals surface area contributed by atoms with E-state index in [-0.39, 0.29) is 18.6 Å². The Morgan fingerprint density at radius 3 is 2.46 bits per heavy atom. The van der Waals surface area contributed by atoms with Crippen LogP contribution in [0.2, 0.25) is 0 Å². The fourth-order valence-electron chi connectivity index (χ4n) is 2.83. The van der Waals surface area contributed by atoms with E-state index in [1.165, 1.54) is 30.7 Å². The van der Waals surface area contributed by atoms with Crippen molar-refractivity contribution < 1.29 is 19.1 Å². The topological polar surface area (TPSA) is 111 Å². The molecule has 0 spiro atoms. The van der Waals surface area contributed by atoms with E-state index in [1.54, 1.807) is 0 Å². The molecule has 4 N–H and O–H groups in total. The van der Waals surface area contributed by atoms with Gasteiger partial charge in [-0.3, -0.25) is 4.79 Å². The van der Waals surface area contributed by atoms with Gasteiger partial charge in [-0.05, 0) is 43.0 Å². The molecule has 1 aliphatic carbocycles. The number of carbonyl (C=O) groups excluding carboxylic acids is 3. The molecule has 2 rings (SSSR count). The third-order valence-electron chi connectivity index (χ3n) is 4.18. The molecule has 3 amide bonds. The number of anilines is 1. The lowest BCUT2D eigenvalue weighted by Crippen LogP contribution is -2.42. The monoisotopic (exact) mass is 333 g/mol. The van der Waals surface area contributed by atoms with Gasteiger partial charge in [-0.2, -0.15) is 0 Å². The quantitative estimate of drug-likeness (QED) is 0.716. The Balaban J connectivity index is 1.79. The first-order chi connectivity index (χ1) is 11.5. The molecule has 0 heterocycles. The molecule has 24 heavy (non-hydrogen) atoms. The average Bonchev–Trinajstić information content (AvgIpc) is 2.55. The molecule has 0 radical (unpaired) electrons. The van der Waals surface area contributed by atoms with E-state index in [9.17, 15) is 14.4 Å². The van der Waals surface area contributed by atoms with E-state index < -0.39 is 12.0 Å². The van der Waals surface area contributed by atoms with Gasteiger partial charge in [0.2, 0.25) is 0 Å². The van der Waals surface area contributed by atoms with Crippen molar-refractivity contribution in [2.75, 3.05) is 11.9 Å². The van der Waals surface area contributed by atoms with Crippen molar-refractivity contribution in [2.24, 2.45) is 11.7 Å². The van der Waals surface area contributed by atoms with Crippen LogP contribution in [0.1, 0.15) is 43.0 Å². The fraction of sp³-hybridized carbons (Fsp3) is 0.471. The zero-order valence-corrected chi connectivity index (χ0v) is 13.7. The Kier molecular flexibility index (Phi) is 6.17. The van der Waals surface area contributed by atoms with Crippen molar-refractivity contribution in [1.82, 2.24) is 5.32 Å². The maximum absolute atomic E-state index is 11.9. The Morgan fingerprint density at radius 2 is 1.83 bits per heavy atom. The van der Waals surface area contributed by atoms with Crippen LogP contribution in [0.5, 0.6) is 0 Å². The van der Waals surface area contributed by atoms with Gasteiger partial charge in [-0.25, -0.2) is 9.59 Å². The molecule has 0 aliphatic heterocycles. The lowest BCUT2D eigenvalue weighted by atomic mass is 9.86. The van der Waals surface area contributed by atoms with E-state index in [1.807, 2.05) is 0 Å². The van der Waals surface area contributed by atoms with Crippen LogP contribution >= 0.6 is 0 Å². The van der Waals surface area contributed by atoms with Crippen LogP contribution in [0.4, 0.5) is 10.5 Å². The molecule has 1 fully saturated rings. The average molecular weight is 333 g/mol. The summed E-state index contributed by atoms with van der Waals surface area (Å²) in [5.41, 5.74) is 5.77. The van der Waals surface area contributed by atoms with Gasteiger partial charge < -0.3 is 21.1 Å². The van der Waals surface area contributed by atoms with E-state index in [4.69, 9.17) is 10.5 Å². The lowest BCUT2D eigenvalue weighted by molar-refractivity contribution is -0.125. The number of benzene rings is 1. The molecule has 0 unspecified atom stereocenters. The first-order valence-electron chi connectivity index (χ1n) is 8.08. The van der Waals surface area contributed by atoms with Crippen LogP contribution < -0.4 is 16.4 Å². The summed E-state index contributed by atoms with van der Waals surface area (Å²) in [7, 11) is 0. The van der Waals surface area contributed by atoms with E-state index in [0.29, 0.717) is 17.2 Å². The summed E-state index contributed by atoms with van der Waals surface area (Å²) < 4.78 is 5.02. The van der Waals surface area contributed by atoms with E-state index in [2.05, 4.69) is 17.6 Å². The number of nitrogens with two attached hydrogens (primary N) is 1. The number of rotatable bonds is 5. The second-order valence-corrected chi connectivity index (χ2v) is 6.08. The molecule has 0 aromatic heterocycles. The molecule has 7 heteroatoms. The number of carbonyl (C=O) groups is 3. The molecule has 0 saturated heterocycles. The van der Waals surface area contributed by atoms with Crippen molar-refractivity contribution in [1.29, 1.82) is 0 Å². The number of hydrogen-bond donors (Lipinski definition) is 3. The van der Waals surface area contributed by atoms with Crippen molar-refractivity contribution in [3.8, 4) is 0 Å². The first kappa shape index (κ1) is 17.8. The van der Waals surface area contributed by atoms with Crippen LogP contribution in [-0.2, 0) is 9.53 Å². The lowest BCUT2D eigenvalue weighted by Gasteiger charge is -2.29. The normalized spacial score (nSPS) is 20.0. The SMILES string of the molecule is C[C@@H]1CCCC[C@@H]1NC(=O)COC(=O)c1ccc(NC(N)=O)cc1. The highest BCUT2D eigenvalue weighted by Gasteiger charge is 2.23. The fourth-order valence-corrected chi connectivity index (χ4v) is 2.83. The molecule has 0 bridgehead atoms. The van der Waals surface area contributed by atoms with Crippen molar-refractivity contribution in [3.63, 3.8) is 0 Å². The third kappa shape index (κ3) is 5.26. The second-order valence-electron chi connectivity index (χ2n) is 6.08. The highest BCUT2D eigenvalue weighted by atomic mass is 16.5. The van der Waals surface area contributed by atoms with Gasteiger partial charge >= 0.3 is 12.0 Å². The number of amides is 3. The first-order valence-corrected chi connectivity index (χ1v) is 8.08. The van der Waals surface area contributed by atoms with Crippen molar-refractivity contribution >= 4 is 23.6 Å². The number of hydrogen-bond acceptors (Lipinski definition) is 4. The number of esters is 1. The minimum atomic E-state index is -0.682. The summed E-state index contributed by atoms with van der Waals surface area (Å²) in [5.74, 6) is -0.426. The predicted octanol–water partition coefficient (Wildman–Crippen LogP) is 2.03. The highest BCUT2D eigenvalue weighted by molar-refractivity contribution is 5.93. The van der Waals surface area contributed by atoms with Gasteiger partial charge in [-0.1, -0.05) is 19.8 Å². The van der Waals surface area contributed by atoms with Crippen LogP contribution in [0.15, 0.2) is 24.3 Å². The summed E-state index contributed by atoms with van der Waals surface area (Å²) in [6.45, 7) is 1.82. The highest BCUT2D eigenvalue weighted by Crippen LogP contribution is 2.23. The predicted molar refractivity (Wildman–Crippen MR) is 89.5 cm³/mol. The zero-order chi connectivity index (χ0) is 17.5. The van der Waals surface area contributed by atoms with Crippen LogP contribution in [0, 0.1) is 5.92 Å². The summed E-state index contributed by atoms with van der Waals surface area (Å²) in [6, 6.07) is 5.53. The van der Waals surface area contributed by atoms with Crippen molar-refractivity contribution in [3.05, 3.63) is 29.8 Å². The molecular formula is C17H23N3O4. The standard InChI is InChI=1S/C17H23N3O4/c1-11-4-2-3-5-14(11)20-15(21)10-24-16(22)12-6-8-13(9-7-12)19-17(18)23/h6-9,11,14H,2-5,10H2,1H3,(H,20,21)(H3,18,19,23)/t11-,14+/m1/s1. The molecule has 1 saturated carbocycles. The van der Waals surface area contributed by atoms with Gasteiger partial charge in [0, 0.05) is 11.7 Å². The van der Waals surface area contributed by atoms with Gasteiger partial charge in [0.25, 0.3) is 5.91 Å². The smallest absolute Gasteiger partial charge is 0.338 e. The van der Waals surface area contributed by atoms with E-state index >= 15 is 0 Å². The van der Waals surface area contributed by atoms with Crippen molar-refractivity contribution in [2.45, 2.75) is 38.6 Å². The molecule has 1 aliphatic rings. The Labute approximate surface area is 140 Å². The Hall–Kier alpha value is -2.57. The minimum Gasteiger partial charge on any atom is -0.452 e. The maximum Gasteiger partial charge on any atom is 0.338 e. The second kappa shape index (κ2) is 8.33. The van der Waals surface area contributed by atoms with Gasteiger partial charge in [-0.15, -0.1) is 0 Å². The molecule has 7 nitrogen and oxygen atoms in total. The molecular weight excluding hydrogens is 310 g/mol. The van der Waals surface area contributed by atoms with Crippen LogP contribution in [-0.4, -0.2) is 30.6 Å². The van der Waals surface area contributed by atoms with E-state index in [0.717, 1.165) is 19.3 Å². The summed E-state index contributed by atoms with van der Waals surface area (Å²) in [4.78, 5) is 34.6. The third-order valence-corrected chi connectivity index (χ3v) is 4.18. The number of nitrogens with one attached hydrogen (secondary N) is 2. The van der Waals surface area contributed by atoms with Gasteiger partial charge in [0.05, 0.1) is 5.56 Å². The molecule has 1 aromatic carbocycles. The maximum atomic E-state index is 11.9. The van der Waals surface area contributed by atoms with Crippen LogP contribution in [0.3, 0.4) is 0 Å².